The molecule has 0 saturated heterocycles. The van der Waals surface area contributed by atoms with E-state index in [1.54, 1.807) is 18.2 Å². The van der Waals surface area contributed by atoms with Crippen LogP contribution in [0.15, 0.2) is 24.3 Å². The van der Waals surface area contributed by atoms with Crippen LogP contribution in [0, 0.1) is 5.92 Å². The normalized spacial score (nSPS) is 13.1. The summed E-state index contributed by atoms with van der Waals surface area (Å²) in [4.78, 5) is 34.8. The number of carboxylic acids is 2. The maximum Gasteiger partial charge on any atom is 0.322 e. The number of hydrogen-bond donors (Lipinski definition) is 4. The Balaban J connectivity index is 2.72. The minimum absolute atomic E-state index is 0.0782. The molecule has 138 valence electrons. The molecule has 2 unspecified atom stereocenters. The Kier molecular flexibility index (Phi) is 7.87. The van der Waals surface area contributed by atoms with E-state index in [2.05, 4.69) is 10.6 Å². The van der Waals surface area contributed by atoms with Crippen molar-refractivity contribution >= 4 is 17.8 Å². The predicted octanol–water partition coefficient (Wildman–Crippen LogP) is 0.967. The molecule has 1 rings (SSSR count). The number of carbonyl (C=O) groups excluding carboxylic acids is 1. The molecule has 1 aromatic carbocycles. The standard InChI is InChI=1S/C17H24N2O6/c1-10(2)7-13(16(21)22)19-14(17(23)24)9-18-15(20)11-5-4-6-12(8-11)25-3/h4-6,8,10,13-14,19H,7,9H2,1-3H3,(H,18,20)(H,21,22)(H,23,24). The summed E-state index contributed by atoms with van der Waals surface area (Å²) < 4.78 is 5.03. The third-order valence-corrected chi connectivity index (χ3v) is 3.50. The summed E-state index contributed by atoms with van der Waals surface area (Å²) in [5, 5.41) is 23.6. The average Bonchev–Trinajstić information content (AvgIpc) is 2.56. The zero-order valence-corrected chi connectivity index (χ0v) is 14.5. The summed E-state index contributed by atoms with van der Waals surface area (Å²) in [5.74, 6) is -2.25. The van der Waals surface area contributed by atoms with Crippen LogP contribution < -0.4 is 15.4 Å². The van der Waals surface area contributed by atoms with Crippen LogP contribution in [0.4, 0.5) is 0 Å². The summed E-state index contributed by atoms with van der Waals surface area (Å²) in [6.07, 6.45) is 0.281. The second-order valence-corrected chi connectivity index (χ2v) is 6.02. The number of carbonyl (C=O) groups is 3. The van der Waals surface area contributed by atoms with Gasteiger partial charge in [-0.25, -0.2) is 0 Å². The van der Waals surface area contributed by atoms with Gasteiger partial charge < -0.3 is 20.3 Å². The number of ether oxygens (including phenoxy) is 1. The molecule has 2 atom stereocenters. The van der Waals surface area contributed by atoms with Crippen molar-refractivity contribution in [3.05, 3.63) is 29.8 Å². The lowest BCUT2D eigenvalue weighted by Gasteiger charge is -2.22. The molecule has 0 bridgehead atoms. The first kappa shape index (κ1) is 20.4. The van der Waals surface area contributed by atoms with E-state index in [0.29, 0.717) is 11.3 Å². The summed E-state index contributed by atoms with van der Waals surface area (Å²) in [6, 6.07) is 4.20. The van der Waals surface area contributed by atoms with Gasteiger partial charge in [-0.2, -0.15) is 0 Å². The minimum Gasteiger partial charge on any atom is -0.497 e. The maximum atomic E-state index is 12.1. The molecule has 0 aliphatic carbocycles. The number of carboxylic acid groups (broad SMARTS) is 2. The van der Waals surface area contributed by atoms with Crippen LogP contribution in [0.1, 0.15) is 30.6 Å². The van der Waals surface area contributed by atoms with Crippen LogP contribution in [0.5, 0.6) is 5.75 Å². The van der Waals surface area contributed by atoms with Gasteiger partial charge in [0.05, 0.1) is 7.11 Å². The quantitative estimate of drug-likeness (QED) is 0.494. The Morgan fingerprint density at radius 3 is 2.28 bits per heavy atom. The lowest BCUT2D eigenvalue weighted by atomic mass is 10.0. The van der Waals surface area contributed by atoms with Crippen molar-refractivity contribution in [3.63, 3.8) is 0 Å². The highest BCUT2D eigenvalue weighted by Gasteiger charge is 2.27. The first-order valence-corrected chi connectivity index (χ1v) is 7.88. The van der Waals surface area contributed by atoms with Crippen LogP contribution in [-0.4, -0.2) is 53.8 Å². The molecule has 25 heavy (non-hydrogen) atoms. The summed E-state index contributed by atoms with van der Waals surface area (Å²) in [5.41, 5.74) is 0.320. The third-order valence-electron chi connectivity index (χ3n) is 3.50. The van der Waals surface area contributed by atoms with E-state index >= 15 is 0 Å². The molecule has 0 saturated carbocycles. The van der Waals surface area contributed by atoms with Crippen molar-refractivity contribution in [1.82, 2.24) is 10.6 Å². The van der Waals surface area contributed by atoms with Gasteiger partial charge >= 0.3 is 11.9 Å². The highest BCUT2D eigenvalue weighted by Crippen LogP contribution is 2.12. The van der Waals surface area contributed by atoms with Crippen LogP contribution in [0.3, 0.4) is 0 Å². The Hall–Kier alpha value is -2.61. The van der Waals surface area contributed by atoms with Crippen LogP contribution in [0.25, 0.3) is 0 Å². The topological polar surface area (TPSA) is 125 Å². The highest BCUT2D eigenvalue weighted by molar-refractivity contribution is 5.94. The highest BCUT2D eigenvalue weighted by atomic mass is 16.5. The van der Waals surface area contributed by atoms with E-state index in [1.165, 1.54) is 13.2 Å². The molecule has 8 heteroatoms. The Labute approximate surface area is 146 Å². The van der Waals surface area contributed by atoms with Gasteiger partial charge in [-0.05, 0) is 30.5 Å². The molecule has 0 spiro atoms. The van der Waals surface area contributed by atoms with E-state index in [0.717, 1.165) is 0 Å². The van der Waals surface area contributed by atoms with Gasteiger partial charge in [0.15, 0.2) is 0 Å². The number of benzene rings is 1. The number of rotatable bonds is 10. The van der Waals surface area contributed by atoms with Gasteiger partial charge in [0.25, 0.3) is 5.91 Å². The van der Waals surface area contributed by atoms with Crippen LogP contribution in [0.2, 0.25) is 0 Å². The smallest absolute Gasteiger partial charge is 0.322 e. The average molecular weight is 352 g/mol. The van der Waals surface area contributed by atoms with Crippen molar-refractivity contribution in [1.29, 1.82) is 0 Å². The second-order valence-electron chi connectivity index (χ2n) is 6.02. The molecule has 0 radical (unpaired) electrons. The number of hydrogen-bond acceptors (Lipinski definition) is 5. The Morgan fingerprint density at radius 2 is 1.76 bits per heavy atom. The minimum atomic E-state index is -1.24. The number of nitrogens with one attached hydrogen (secondary N) is 2. The third kappa shape index (κ3) is 6.80. The number of amides is 1. The van der Waals surface area contributed by atoms with Gasteiger partial charge in [0.1, 0.15) is 17.8 Å². The predicted molar refractivity (Wildman–Crippen MR) is 90.8 cm³/mol. The zero-order chi connectivity index (χ0) is 19.0. The first-order chi connectivity index (χ1) is 11.7. The molecule has 0 aliphatic rings. The summed E-state index contributed by atoms with van der Waals surface area (Å²) >= 11 is 0. The van der Waals surface area contributed by atoms with Gasteiger partial charge in [-0.15, -0.1) is 0 Å². The van der Waals surface area contributed by atoms with Crippen molar-refractivity contribution < 1.29 is 29.3 Å². The van der Waals surface area contributed by atoms with Crippen molar-refractivity contribution in [3.8, 4) is 5.75 Å². The molecule has 4 N–H and O–H groups in total. The van der Waals surface area contributed by atoms with Crippen molar-refractivity contribution in [2.45, 2.75) is 32.4 Å². The van der Waals surface area contributed by atoms with Gasteiger partial charge in [0, 0.05) is 12.1 Å². The monoisotopic (exact) mass is 352 g/mol. The fourth-order valence-corrected chi connectivity index (χ4v) is 2.23. The number of aliphatic carboxylic acids is 2. The summed E-state index contributed by atoms with van der Waals surface area (Å²) in [7, 11) is 1.47. The van der Waals surface area contributed by atoms with E-state index in [-0.39, 0.29) is 18.9 Å². The maximum absolute atomic E-state index is 12.1. The lowest BCUT2D eigenvalue weighted by molar-refractivity contribution is -0.142. The van der Waals surface area contributed by atoms with Crippen LogP contribution in [-0.2, 0) is 9.59 Å². The molecule has 0 heterocycles. The SMILES string of the molecule is COc1cccc(C(=O)NCC(NC(CC(C)C)C(=O)O)C(=O)O)c1. The van der Waals surface area contributed by atoms with E-state index in [9.17, 15) is 24.6 Å². The van der Waals surface area contributed by atoms with E-state index in [1.807, 2.05) is 13.8 Å². The zero-order valence-electron chi connectivity index (χ0n) is 14.5. The molecular weight excluding hydrogens is 328 g/mol. The fourth-order valence-electron chi connectivity index (χ4n) is 2.23. The van der Waals surface area contributed by atoms with E-state index in [4.69, 9.17) is 4.74 Å². The molecule has 0 aromatic heterocycles. The molecule has 1 aromatic rings. The molecule has 8 nitrogen and oxygen atoms in total. The molecule has 0 aliphatic heterocycles. The van der Waals surface area contributed by atoms with Gasteiger partial charge in [-0.3, -0.25) is 19.7 Å². The lowest BCUT2D eigenvalue weighted by Crippen LogP contribution is -2.52. The summed E-state index contributed by atoms with van der Waals surface area (Å²) in [6.45, 7) is 3.45. The van der Waals surface area contributed by atoms with Crippen molar-refractivity contribution in [2.75, 3.05) is 13.7 Å². The van der Waals surface area contributed by atoms with Crippen LogP contribution >= 0.6 is 0 Å². The first-order valence-electron chi connectivity index (χ1n) is 7.88. The second kappa shape index (κ2) is 9.63. The Morgan fingerprint density at radius 1 is 1.12 bits per heavy atom. The largest absolute Gasteiger partial charge is 0.497 e. The molecule has 0 fully saturated rings. The Bertz CT molecular complexity index is 617. The van der Waals surface area contributed by atoms with Crippen molar-refractivity contribution in [2.24, 2.45) is 5.92 Å². The molecular formula is C17H24N2O6. The van der Waals surface area contributed by atoms with Gasteiger partial charge in [0.2, 0.25) is 0 Å². The number of methoxy groups -OCH3 is 1. The fraction of sp³-hybridized carbons (Fsp3) is 0.471. The van der Waals surface area contributed by atoms with E-state index < -0.39 is 29.9 Å². The van der Waals surface area contributed by atoms with Gasteiger partial charge in [-0.1, -0.05) is 19.9 Å². The molecule has 1 amide bonds.